The van der Waals surface area contributed by atoms with Gasteiger partial charge in [0.05, 0.1) is 5.56 Å². The molecule has 2 N–H and O–H groups in total. The van der Waals surface area contributed by atoms with E-state index < -0.39 is 6.10 Å². The molecular weight excluding hydrogens is 414 g/mol. The van der Waals surface area contributed by atoms with Crippen LogP contribution in [0.1, 0.15) is 59.5 Å². The maximum absolute atomic E-state index is 12.8. The molecule has 5 heteroatoms. The fourth-order valence-electron chi connectivity index (χ4n) is 3.23. The minimum atomic E-state index is -0.531. The first-order valence-electron chi connectivity index (χ1n) is 11.1. The highest BCUT2D eigenvalue weighted by atomic mass is 16.5. The van der Waals surface area contributed by atoms with E-state index in [4.69, 9.17) is 9.47 Å². The van der Waals surface area contributed by atoms with Crippen LogP contribution in [0.4, 0.5) is 0 Å². The summed E-state index contributed by atoms with van der Waals surface area (Å²) in [6.45, 7) is 10.8. The third-order valence-corrected chi connectivity index (χ3v) is 5.25. The largest absolute Gasteiger partial charge is 0.508 e. The van der Waals surface area contributed by atoms with Gasteiger partial charge < -0.3 is 19.9 Å². The molecule has 0 aliphatic carbocycles. The second-order valence-corrected chi connectivity index (χ2v) is 9.38. The standard InChI is InChI=1S/C28H33NO4/c1-19-6-10-21(11-7-19)27(31)33-26(17-29-28(3,4)5)22-12-15-25(30)23(16-22)18-32-24-13-8-20(2)9-14-24/h6-16,26,29-30H,17-18H2,1-5H3. The van der Waals surface area contributed by atoms with Crippen molar-refractivity contribution in [2.24, 2.45) is 0 Å². The summed E-state index contributed by atoms with van der Waals surface area (Å²) in [6.07, 6.45) is -0.531. The van der Waals surface area contributed by atoms with Crippen molar-refractivity contribution < 1.29 is 19.4 Å². The van der Waals surface area contributed by atoms with Crippen LogP contribution in [-0.4, -0.2) is 23.2 Å². The summed E-state index contributed by atoms with van der Waals surface area (Å²) in [7, 11) is 0. The molecule has 3 rings (SSSR count). The fraction of sp³-hybridized carbons (Fsp3) is 0.321. The predicted molar refractivity (Wildman–Crippen MR) is 131 cm³/mol. The van der Waals surface area contributed by atoms with E-state index in [1.807, 2.05) is 56.3 Å². The number of nitrogens with one attached hydrogen (secondary N) is 1. The van der Waals surface area contributed by atoms with Gasteiger partial charge in [-0.1, -0.05) is 41.5 Å². The van der Waals surface area contributed by atoms with Gasteiger partial charge in [-0.25, -0.2) is 4.79 Å². The Morgan fingerprint density at radius 3 is 2.15 bits per heavy atom. The van der Waals surface area contributed by atoms with Crippen LogP contribution >= 0.6 is 0 Å². The number of benzene rings is 3. The summed E-state index contributed by atoms with van der Waals surface area (Å²) >= 11 is 0. The number of carbonyl (C=O) groups is 1. The lowest BCUT2D eigenvalue weighted by Gasteiger charge is -2.26. The van der Waals surface area contributed by atoms with Crippen LogP contribution in [0.15, 0.2) is 66.7 Å². The Kier molecular flexibility index (Phi) is 7.77. The molecule has 0 spiro atoms. The van der Waals surface area contributed by atoms with Crippen molar-refractivity contribution in [1.82, 2.24) is 5.32 Å². The summed E-state index contributed by atoms with van der Waals surface area (Å²) in [4.78, 5) is 12.8. The first kappa shape index (κ1) is 24.3. The Hall–Kier alpha value is -3.31. The highest BCUT2D eigenvalue weighted by Gasteiger charge is 2.22. The molecule has 0 fully saturated rings. The van der Waals surface area contributed by atoms with E-state index in [1.54, 1.807) is 24.3 Å². The van der Waals surface area contributed by atoms with Crippen LogP contribution in [0.3, 0.4) is 0 Å². The van der Waals surface area contributed by atoms with Gasteiger partial charge in [0.25, 0.3) is 0 Å². The van der Waals surface area contributed by atoms with Gasteiger partial charge in [0, 0.05) is 17.6 Å². The topological polar surface area (TPSA) is 67.8 Å². The zero-order valence-corrected chi connectivity index (χ0v) is 20.0. The van der Waals surface area contributed by atoms with Gasteiger partial charge in [-0.2, -0.15) is 0 Å². The maximum Gasteiger partial charge on any atom is 0.338 e. The molecule has 0 bridgehead atoms. The van der Waals surface area contributed by atoms with Crippen LogP contribution in [0, 0.1) is 13.8 Å². The molecule has 0 aromatic heterocycles. The molecule has 0 amide bonds. The molecule has 0 aliphatic rings. The summed E-state index contributed by atoms with van der Waals surface area (Å²) < 4.78 is 11.8. The van der Waals surface area contributed by atoms with E-state index in [9.17, 15) is 9.90 Å². The zero-order chi connectivity index (χ0) is 24.0. The van der Waals surface area contributed by atoms with Crippen LogP contribution in [0.2, 0.25) is 0 Å². The average molecular weight is 448 g/mol. The predicted octanol–water partition coefficient (Wildman–Crippen LogP) is 5.87. The molecular formula is C28H33NO4. The van der Waals surface area contributed by atoms with Crippen LogP contribution in [-0.2, 0) is 11.3 Å². The molecule has 5 nitrogen and oxygen atoms in total. The Morgan fingerprint density at radius 1 is 0.939 bits per heavy atom. The Balaban J connectivity index is 1.80. The van der Waals surface area contributed by atoms with Gasteiger partial charge in [0.15, 0.2) is 0 Å². The van der Waals surface area contributed by atoms with Gasteiger partial charge in [0.1, 0.15) is 24.2 Å². The van der Waals surface area contributed by atoms with Gasteiger partial charge >= 0.3 is 5.97 Å². The van der Waals surface area contributed by atoms with E-state index in [-0.39, 0.29) is 23.9 Å². The number of carbonyl (C=O) groups excluding carboxylic acids is 1. The second kappa shape index (κ2) is 10.5. The normalized spacial score (nSPS) is 12.3. The van der Waals surface area contributed by atoms with Crippen molar-refractivity contribution in [2.75, 3.05) is 6.54 Å². The van der Waals surface area contributed by atoms with E-state index in [0.29, 0.717) is 17.7 Å². The number of phenolic OH excluding ortho intramolecular Hbond substituents is 1. The maximum atomic E-state index is 12.8. The number of phenols is 1. The number of rotatable bonds is 8. The molecule has 0 saturated carbocycles. The summed E-state index contributed by atoms with van der Waals surface area (Å²) in [5.74, 6) is 0.474. The highest BCUT2D eigenvalue weighted by Crippen LogP contribution is 2.27. The molecule has 0 saturated heterocycles. The van der Waals surface area contributed by atoms with Gasteiger partial charge in [-0.05, 0) is 76.6 Å². The number of aryl methyl sites for hydroxylation is 2. The smallest absolute Gasteiger partial charge is 0.338 e. The Bertz CT molecular complexity index is 1070. The quantitative estimate of drug-likeness (QED) is 0.423. The van der Waals surface area contributed by atoms with E-state index >= 15 is 0 Å². The first-order chi connectivity index (χ1) is 15.6. The molecule has 3 aromatic rings. The van der Waals surface area contributed by atoms with Gasteiger partial charge in [-0.15, -0.1) is 0 Å². The van der Waals surface area contributed by atoms with Crippen LogP contribution in [0.5, 0.6) is 11.5 Å². The molecule has 0 heterocycles. The lowest BCUT2D eigenvalue weighted by molar-refractivity contribution is 0.0283. The highest BCUT2D eigenvalue weighted by molar-refractivity contribution is 5.89. The molecule has 33 heavy (non-hydrogen) atoms. The number of ether oxygens (including phenoxy) is 2. The lowest BCUT2D eigenvalue weighted by Crippen LogP contribution is -2.39. The molecule has 174 valence electrons. The van der Waals surface area contributed by atoms with E-state index in [1.165, 1.54) is 0 Å². The molecule has 1 atom stereocenters. The zero-order valence-electron chi connectivity index (χ0n) is 20.0. The van der Waals surface area contributed by atoms with Crippen molar-refractivity contribution in [3.63, 3.8) is 0 Å². The summed E-state index contributed by atoms with van der Waals surface area (Å²) in [6, 6.07) is 20.3. The number of aromatic hydroxyl groups is 1. The number of esters is 1. The minimum Gasteiger partial charge on any atom is -0.508 e. The summed E-state index contributed by atoms with van der Waals surface area (Å²) in [5, 5.41) is 13.8. The SMILES string of the molecule is Cc1ccc(OCc2cc(C(CNC(C)(C)C)OC(=O)c3ccc(C)cc3)ccc2O)cc1. The lowest BCUT2D eigenvalue weighted by atomic mass is 10.0. The van der Waals surface area contributed by atoms with Crippen molar-refractivity contribution in [3.05, 3.63) is 94.5 Å². The average Bonchev–Trinajstić information content (AvgIpc) is 2.77. The van der Waals surface area contributed by atoms with Crippen molar-refractivity contribution in [2.45, 2.75) is 52.9 Å². The van der Waals surface area contributed by atoms with Crippen molar-refractivity contribution in [1.29, 1.82) is 0 Å². The fourth-order valence-corrected chi connectivity index (χ4v) is 3.23. The second-order valence-electron chi connectivity index (χ2n) is 9.38. The molecule has 0 radical (unpaired) electrons. The van der Waals surface area contributed by atoms with Crippen molar-refractivity contribution >= 4 is 5.97 Å². The third-order valence-electron chi connectivity index (χ3n) is 5.25. The third kappa shape index (κ3) is 7.36. The van der Waals surface area contributed by atoms with Gasteiger partial charge in [0.2, 0.25) is 0 Å². The Labute approximate surface area is 196 Å². The molecule has 3 aromatic carbocycles. The van der Waals surface area contributed by atoms with Crippen LogP contribution < -0.4 is 10.1 Å². The minimum absolute atomic E-state index is 0.137. The molecule has 1 unspecified atom stereocenters. The summed E-state index contributed by atoms with van der Waals surface area (Å²) in [5.41, 5.74) is 3.99. The number of hydrogen-bond donors (Lipinski definition) is 2. The van der Waals surface area contributed by atoms with Crippen LogP contribution in [0.25, 0.3) is 0 Å². The van der Waals surface area contributed by atoms with E-state index in [0.717, 1.165) is 22.4 Å². The first-order valence-corrected chi connectivity index (χ1v) is 11.1. The molecule has 0 aliphatic heterocycles. The number of hydrogen-bond acceptors (Lipinski definition) is 5. The van der Waals surface area contributed by atoms with Gasteiger partial charge in [-0.3, -0.25) is 0 Å². The van der Waals surface area contributed by atoms with E-state index in [2.05, 4.69) is 26.1 Å². The van der Waals surface area contributed by atoms with Crippen molar-refractivity contribution in [3.8, 4) is 11.5 Å². The Morgan fingerprint density at radius 2 is 1.55 bits per heavy atom. The monoisotopic (exact) mass is 447 g/mol.